The summed E-state index contributed by atoms with van der Waals surface area (Å²) in [5.74, 6) is 0. The zero-order valence-electron chi connectivity index (χ0n) is 12.2. The molecule has 10 heteroatoms. The number of hydrogen-bond acceptors (Lipinski definition) is 6. The molecule has 21 heavy (non-hydrogen) atoms. The second-order valence-electron chi connectivity index (χ2n) is 5.14. The van der Waals surface area contributed by atoms with Crippen LogP contribution in [0.4, 0.5) is 0 Å². The van der Waals surface area contributed by atoms with Crippen LogP contribution in [0.2, 0.25) is 0 Å². The van der Waals surface area contributed by atoms with Gasteiger partial charge in [-0.3, -0.25) is 9.36 Å². The van der Waals surface area contributed by atoms with Gasteiger partial charge in [0, 0.05) is 46.5 Å². The minimum Gasteiger partial charge on any atom is -0.304 e. The maximum Gasteiger partial charge on any atom is 0.330 e. The van der Waals surface area contributed by atoms with Crippen LogP contribution in [-0.4, -0.2) is 60.7 Å². The highest BCUT2D eigenvalue weighted by Gasteiger charge is 2.25. The van der Waals surface area contributed by atoms with Crippen molar-refractivity contribution in [1.29, 1.82) is 0 Å². The van der Waals surface area contributed by atoms with E-state index in [2.05, 4.69) is 9.73 Å². The van der Waals surface area contributed by atoms with Crippen LogP contribution in [0, 0.1) is 0 Å². The van der Waals surface area contributed by atoms with E-state index in [0.29, 0.717) is 13.1 Å². The van der Waals surface area contributed by atoms with E-state index in [1.807, 2.05) is 7.05 Å². The summed E-state index contributed by atoms with van der Waals surface area (Å²) in [5, 5.41) is 1.56. The zero-order valence-corrected chi connectivity index (χ0v) is 13.1. The van der Waals surface area contributed by atoms with E-state index in [9.17, 15) is 18.0 Å². The van der Waals surface area contributed by atoms with Gasteiger partial charge in [-0.1, -0.05) is 0 Å². The summed E-state index contributed by atoms with van der Waals surface area (Å²) < 4.78 is 26.5. The highest BCUT2D eigenvalue weighted by atomic mass is 32.2. The number of nitrogens with one attached hydrogen (secondary N) is 1. The molecule has 0 spiro atoms. The van der Waals surface area contributed by atoms with Crippen molar-refractivity contribution in [2.24, 2.45) is 14.1 Å². The van der Waals surface area contributed by atoms with Crippen LogP contribution in [-0.2, 0) is 24.1 Å². The standard InChI is InChI=1S/C11H19N5O4S/c1-13-4-6-16(7-5-13)12-21(19,20)9-8-14(2)11(18)15(3)10(9)17/h8,12H,4-7H2,1-3H3. The highest BCUT2D eigenvalue weighted by Crippen LogP contribution is 2.03. The van der Waals surface area contributed by atoms with Crippen LogP contribution < -0.4 is 16.1 Å². The second-order valence-corrected chi connectivity index (χ2v) is 6.77. The number of aromatic nitrogens is 2. The van der Waals surface area contributed by atoms with E-state index in [4.69, 9.17) is 0 Å². The molecule has 0 aromatic carbocycles. The first-order valence-electron chi connectivity index (χ1n) is 6.45. The molecule has 2 rings (SSSR count). The topological polar surface area (TPSA) is 96.7 Å². The lowest BCUT2D eigenvalue weighted by Crippen LogP contribution is -2.53. The van der Waals surface area contributed by atoms with Crippen molar-refractivity contribution >= 4 is 10.0 Å². The van der Waals surface area contributed by atoms with Gasteiger partial charge in [0.25, 0.3) is 15.6 Å². The summed E-state index contributed by atoms with van der Waals surface area (Å²) in [6.45, 7) is 2.52. The third-order valence-corrected chi connectivity index (χ3v) is 4.81. The number of hydrogen-bond donors (Lipinski definition) is 1. The van der Waals surface area contributed by atoms with E-state index in [1.54, 1.807) is 5.01 Å². The molecule has 0 bridgehead atoms. The van der Waals surface area contributed by atoms with Crippen molar-refractivity contribution in [3.8, 4) is 0 Å². The lowest BCUT2D eigenvalue weighted by atomic mass is 10.4. The lowest BCUT2D eigenvalue weighted by Gasteiger charge is -2.32. The van der Waals surface area contributed by atoms with Gasteiger partial charge in [0.15, 0.2) is 4.90 Å². The Morgan fingerprint density at radius 1 is 1.05 bits per heavy atom. The van der Waals surface area contributed by atoms with Crippen molar-refractivity contribution in [2.75, 3.05) is 33.2 Å². The van der Waals surface area contributed by atoms with Crippen molar-refractivity contribution in [2.45, 2.75) is 4.90 Å². The first kappa shape index (κ1) is 15.9. The minimum absolute atomic E-state index is 0.439. The summed E-state index contributed by atoms with van der Waals surface area (Å²) in [6.07, 6.45) is 1.04. The van der Waals surface area contributed by atoms with E-state index in [-0.39, 0.29) is 0 Å². The number of aryl methyl sites for hydroxylation is 1. The molecule has 0 atom stereocenters. The smallest absolute Gasteiger partial charge is 0.304 e. The molecular weight excluding hydrogens is 298 g/mol. The molecule has 1 N–H and O–H groups in total. The molecule has 0 aliphatic carbocycles. The highest BCUT2D eigenvalue weighted by molar-refractivity contribution is 7.89. The number of sulfonamides is 1. The molecule has 0 saturated carbocycles. The Bertz CT molecular complexity index is 743. The molecule has 1 aromatic heterocycles. The third-order valence-electron chi connectivity index (χ3n) is 3.46. The molecule has 2 heterocycles. The summed E-state index contributed by atoms with van der Waals surface area (Å²) in [5.41, 5.74) is -1.40. The van der Waals surface area contributed by atoms with Crippen molar-refractivity contribution < 1.29 is 8.42 Å². The van der Waals surface area contributed by atoms with Gasteiger partial charge < -0.3 is 9.47 Å². The van der Waals surface area contributed by atoms with Crippen LogP contribution in [0.3, 0.4) is 0 Å². The molecule has 118 valence electrons. The van der Waals surface area contributed by atoms with Crippen LogP contribution in [0.1, 0.15) is 0 Å². The fraction of sp³-hybridized carbons (Fsp3) is 0.636. The van der Waals surface area contributed by atoms with Crippen molar-refractivity contribution in [3.63, 3.8) is 0 Å². The molecule has 0 radical (unpaired) electrons. The minimum atomic E-state index is -4.01. The van der Waals surface area contributed by atoms with Crippen LogP contribution in [0.15, 0.2) is 20.7 Å². The normalized spacial score (nSPS) is 18.0. The maximum absolute atomic E-state index is 12.3. The lowest BCUT2D eigenvalue weighted by molar-refractivity contribution is 0.134. The number of hydrazine groups is 1. The van der Waals surface area contributed by atoms with Crippen LogP contribution in [0.25, 0.3) is 0 Å². The molecule has 1 aromatic rings. The average Bonchev–Trinajstić information content (AvgIpc) is 2.42. The number of nitrogens with zero attached hydrogens (tertiary/aromatic N) is 4. The SMILES string of the molecule is CN1CCN(NS(=O)(=O)c2cn(C)c(=O)n(C)c2=O)CC1. The molecule has 1 aliphatic heterocycles. The van der Waals surface area contributed by atoms with Crippen molar-refractivity contribution in [3.05, 3.63) is 27.0 Å². The average molecular weight is 317 g/mol. The van der Waals surface area contributed by atoms with Crippen LogP contribution >= 0.6 is 0 Å². The number of rotatable bonds is 3. The summed E-state index contributed by atoms with van der Waals surface area (Å²) >= 11 is 0. The Hall–Kier alpha value is -1.49. The van der Waals surface area contributed by atoms with Crippen LogP contribution in [0.5, 0.6) is 0 Å². The third kappa shape index (κ3) is 3.23. The van der Waals surface area contributed by atoms with Crippen molar-refractivity contribution in [1.82, 2.24) is 23.9 Å². The Morgan fingerprint density at radius 2 is 1.62 bits per heavy atom. The van der Waals surface area contributed by atoms with Gasteiger partial charge in [-0.05, 0) is 7.05 Å². The summed E-state index contributed by atoms with van der Waals surface area (Å²) in [4.78, 5) is 27.6. The molecular formula is C11H19N5O4S. The summed E-state index contributed by atoms with van der Waals surface area (Å²) in [6, 6.07) is 0. The predicted molar refractivity (Wildman–Crippen MR) is 76.3 cm³/mol. The zero-order chi connectivity index (χ0) is 15.8. The predicted octanol–water partition coefficient (Wildman–Crippen LogP) is -2.48. The van der Waals surface area contributed by atoms with E-state index < -0.39 is 26.2 Å². The van der Waals surface area contributed by atoms with Gasteiger partial charge in [-0.2, -0.15) is 0 Å². The van der Waals surface area contributed by atoms with Gasteiger partial charge in [-0.15, -0.1) is 4.83 Å². The fourth-order valence-corrected chi connectivity index (χ4v) is 3.36. The fourth-order valence-electron chi connectivity index (χ4n) is 2.08. The number of likely N-dealkylation sites (N-methyl/N-ethyl adjacent to an activating group) is 1. The largest absolute Gasteiger partial charge is 0.330 e. The Kier molecular flexibility index (Phi) is 4.33. The Labute approximate surface area is 122 Å². The molecule has 1 aliphatic rings. The first-order chi connectivity index (χ1) is 9.72. The maximum atomic E-state index is 12.3. The molecule has 9 nitrogen and oxygen atoms in total. The number of piperazine rings is 1. The van der Waals surface area contributed by atoms with E-state index in [0.717, 1.165) is 28.4 Å². The molecule has 1 saturated heterocycles. The van der Waals surface area contributed by atoms with Gasteiger partial charge in [0.2, 0.25) is 0 Å². The van der Waals surface area contributed by atoms with Gasteiger partial charge in [0.1, 0.15) is 0 Å². The monoisotopic (exact) mass is 317 g/mol. The summed E-state index contributed by atoms with van der Waals surface area (Å²) in [7, 11) is 0.596. The Balaban J connectivity index is 2.33. The molecule has 0 amide bonds. The van der Waals surface area contributed by atoms with E-state index >= 15 is 0 Å². The quantitative estimate of drug-likeness (QED) is 0.663. The van der Waals surface area contributed by atoms with E-state index in [1.165, 1.54) is 14.1 Å². The second kappa shape index (κ2) is 5.72. The van der Waals surface area contributed by atoms with Gasteiger partial charge >= 0.3 is 5.69 Å². The van der Waals surface area contributed by atoms with Gasteiger partial charge in [-0.25, -0.2) is 18.2 Å². The van der Waals surface area contributed by atoms with Gasteiger partial charge in [0.05, 0.1) is 0 Å². The molecule has 0 unspecified atom stereocenters. The Morgan fingerprint density at radius 3 is 2.19 bits per heavy atom. The first-order valence-corrected chi connectivity index (χ1v) is 7.93. The molecule has 1 fully saturated rings.